The predicted molar refractivity (Wildman–Crippen MR) is 76.8 cm³/mol. The third kappa shape index (κ3) is 2.91. The quantitative estimate of drug-likeness (QED) is 0.696. The fourth-order valence-electron chi connectivity index (χ4n) is 1.79. The Morgan fingerprint density at radius 1 is 1.37 bits per heavy atom. The number of hydrogen-bond donors (Lipinski definition) is 1. The van der Waals surface area contributed by atoms with Crippen molar-refractivity contribution >= 4 is 34.7 Å². The Morgan fingerprint density at radius 2 is 2.00 bits per heavy atom. The lowest BCUT2D eigenvalue weighted by Crippen LogP contribution is -2.10. The minimum Gasteiger partial charge on any atom is -0.396 e. The molecule has 0 saturated carbocycles. The van der Waals surface area contributed by atoms with E-state index in [1.54, 1.807) is 6.20 Å². The molecule has 0 fully saturated rings. The standard InChI is InChI=1S/C13H13Cl2N3O/c1-2-18-4-3-17-12(18)7-11(19)8-5-9(14)13(16)10(15)6-8/h3-6H,2,7,16H2,1H3. The average molecular weight is 298 g/mol. The number of carbonyl (C=O) groups excluding carboxylic acids is 1. The van der Waals surface area contributed by atoms with E-state index in [1.807, 2.05) is 17.7 Å². The van der Waals surface area contributed by atoms with Crippen LogP contribution in [0.1, 0.15) is 23.1 Å². The van der Waals surface area contributed by atoms with Crippen LogP contribution in [-0.4, -0.2) is 15.3 Å². The van der Waals surface area contributed by atoms with E-state index in [0.29, 0.717) is 5.56 Å². The van der Waals surface area contributed by atoms with E-state index < -0.39 is 0 Å². The van der Waals surface area contributed by atoms with Gasteiger partial charge in [-0.15, -0.1) is 0 Å². The molecule has 0 amide bonds. The van der Waals surface area contributed by atoms with Crippen LogP contribution < -0.4 is 5.73 Å². The molecule has 2 N–H and O–H groups in total. The average Bonchev–Trinajstić information content (AvgIpc) is 2.82. The molecule has 4 nitrogen and oxygen atoms in total. The summed E-state index contributed by atoms with van der Waals surface area (Å²) in [5.74, 6) is 0.626. The maximum absolute atomic E-state index is 12.2. The SMILES string of the molecule is CCn1ccnc1CC(=O)c1cc(Cl)c(N)c(Cl)c1. The van der Waals surface area contributed by atoms with E-state index in [-0.39, 0.29) is 27.9 Å². The first kappa shape index (κ1) is 13.9. The number of carbonyl (C=O) groups is 1. The Kier molecular flexibility index (Phi) is 4.12. The molecule has 0 bridgehead atoms. The second kappa shape index (κ2) is 5.63. The van der Waals surface area contributed by atoms with Crippen molar-refractivity contribution in [1.29, 1.82) is 0 Å². The maximum Gasteiger partial charge on any atom is 0.170 e. The van der Waals surface area contributed by atoms with Gasteiger partial charge in [0.25, 0.3) is 0 Å². The van der Waals surface area contributed by atoms with Crippen molar-refractivity contribution in [2.45, 2.75) is 19.9 Å². The normalized spacial score (nSPS) is 10.7. The Labute approximate surface area is 121 Å². The lowest BCUT2D eigenvalue weighted by Gasteiger charge is -2.07. The highest BCUT2D eigenvalue weighted by Crippen LogP contribution is 2.29. The number of ketones is 1. The number of nitrogen functional groups attached to an aromatic ring is 1. The van der Waals surface area contributed by atoms with Gasteiger partial charge in [-0.3, -0.25) is 4.79 Å². The summed E-state index contributed by atoms with van der Waals surface area (Å²) in [4.78, 5) is 16.4. The third-order valence-corrected chi connectivity index (χ3v) is 3.49. The van der Waals surface area contributed by atoms with Crippen LogP contribution in [-0.2, 0) is 13.0 Å². The summed E-state index contributed by atoms with van der Waals surface area (Å²) in [6.07, 6.45) is 3.72. The molecule has 0 aliphatic heterocycles. The summed E-state index contributed by atoms with van der Waals surface area (Å²) in [5.41, 5.74) is 6.37. The molecule has 0 aliphatic carbocycles. The smallest absolute Gasteiger partial charge is 0.170 e. The van der Waals surface area contributed by atoms with Crippen molar-refractivity contribution in [3.05, 3.63) is 46.0 Å². The molecule has 0 spiro atoms. The fraction of sp³-hybridized carbons (Fsp3) is 0.231. The van der Waals surface area contributed by atoms with Crippen LogP contribution in [0.15, 0.2) is 24.5 Å². The van der Waals surface area contributed by atoms with Crippen molar-refractivity contribution in [1.82, 2.24) is 9.55 Å². The van der Waals surface area contributed by atoms with Crippen LogP contribution in [0.3, 0.4) is 0 Å². The Balaban J connectivity index is 2.26. The molecule has 2 aromatic rings. The first-order valence-corrected chi connectivity index (χ1v) is 6.56. The summed E-state index contributed by atoms with van der Waals surface area (Å²) in [7, 11) is 0. The van der Waals surface area contributed by atoms with Gasteiger partial charge < -0.3 is 10.3 Å². The van der Waals surface area contributed by atoms with E-state index in [2.05, 4.69) is 4.98 Å². The number of anilines is 1. The number of imidazole rings is 1. The third-order valence-electron chi connectivity index (χ3n) is 2.86. The van der Waals surface area contributed by atoms with Crippen LogP contribution in [0.4, 0.5) is 5.69 Å². The maximum atomic E-state index is 12.2. The first-order chi connectivity index (χ1) is 9.02. The summed E-state index contributed by atoms with van der Waals surface area (Å²) in [6, 6.07) is 3.06. The number of benzene rings is 1. The number of hydrogen-bond acceptors (Lipinski definition) is 3. The number of nitrogens with zero attached hydrogens (tertiary/aromatic N) is 2. The van der Waals surface area contributed by atoms with Gasteiger partial charge in [0.15, 0.2) is 5.78 Å². The summed E-state index contributed by atoms with van der Waals surface area (Å²) >= 11 is 11.8. The monoisotopic (exact) mass is 297 g/mol. The lowest BCUT2D eigenvalue weighted by molar-refractivity contribution is 0.0990. The van der Waals surface area contributed by atoms with Gasteiger partial charge in [0.05, 0.1) is 22.2 Å². The second-order valence-corrected chi connectivity index (χ2v) is 4.90. The summed E-state index contributed by atoms with van der Waals surface area (Å²) < 4.78 is 1.92. The summed E-state index contributed by atoms with van der Waals surface area (Å²) in [5, 5.41) is 0.573. The molecule has 6 heteroatoms. The van der Waals surface area contributed by atoms with Gasteiger partial charge in [0.1, 0.15) is 5.82 Å². The molecule has 0 radical (unpaired) electrons. The van der Waals surface area contributed by atoms with Crippen molar-refractivity contribution < 1.29 is 4.79 Å². The molecule has 0 aliphatic rings. The number of halogens is 2. The fourth-order valence-corrected chi connectivity index (χ4v) is 2.27. The van der Waals surface area contributed by atoms with Gasteiger partial charge in [0, 0.05) is 24.5 Å². The number of Topliss-reactive ketones (excluding diaryl/α,β-unsaturated/α-hetero) is 1. The van der Waals surface area contributed by atoms with Gasteiger partial charge >= 0.3 is 0 Å². The van der Waals surface area contributed by atoms with Crippen LogP contribution in [0.2, 0.25) is 10.0 Å². The number of aryl methyl sites for hydroxylation is 1. The summed E-state index contributed by atoms with van der Waals surface area (Å²) in [6.45, 7) is 2.76. The molecule has 1 aromatic carbocycles. The molecule has 100 valence electrons. The zero-order chi connectivity index (χ0) is 14.0. The molecular formula is C13H13Cl2N3O. The minimum absolute atomic E-state index is 0.0929. The van der Waals surface area contributed by atoms with Crippen LogP contribution in [0, 0.1) is 0 Å². The van der Waals surface area contributed by atoms with Crippen molar-refractivity contribution in [2.24, 2.45) is 0 Å². The molecule has 0 atom stereocenters. The Morgan fingerprint density at radius 3 is 2.58 bits per heavy atom. The lowest BCUT2D eigenvalue weighted by atomic mass is 10.1. The molecule has 1 aromatic heterocycles. The van der Waals surface area contributed by atoms with Crippen molar-refractivity contribution in [2.75, 3.05) is 5.73 Å². The topological polar surface area (TPSA) is 60.9 Å². The molecule has 0 saturated heterocycles. The van der Waals surface area contributed by atoms with Crippen LogP contribution in [0.25, 0.3) is 0 Å². The molecular weight excluding hydrogens is 285 g/mol. The molecule has 1 heterocycles. The van der Waals surface area contributed by atoms with E-state index in [1.165, 1.54) is 12.1 Å². The van der Waals surface area contributed by atoms with E-state index in [4.69, 9.17) is 28.9 Å². The van der Waals surface area contributed by atoms with Gasteiger partial charge in [0.2, 0.25) is 0 Å². The minimum atomic E-state index is -0.0929. The predicted octanol–water partition coefficient (Wildman–Crippen LogP) is 3.22. The Bertz CT molecular complexity index is 599. The number of rotatable bonds is 4. The molecule has 0 unspecified atom stereocenters. The Hall–Kier alpha value is -1.52. The van der Waals surface area contributed by atoms with Gasteiger partial charge in [-0.2, -0.15) is 0 Å². The van der Waals surface area contributed by atoms with E-state index >= 15 is 0 Å². The largest absolute Gasteiger partial charge is 0.396 e. The van der Waals surface area contributed by atoms with Gasteiger partial charge in [-0.1, -0.05) is 23.2 Å². The van der Waals surface area contributed by atoms with Crippen LogP contribution in [0.5, 0.6) is 0 Å². The highest BCUT2D eigenvalue weighted by atomic mass is 35.5. The zero-order valence-electron chi connectivity index (χ0n) is 10.4. The van der Waals surface area contributed by atoms with Crippen LogP contribution >= 0.6 is 23.2 Å². The van der Waals surface area contributed by atoms with Crippen molar-refractivity contribution in [3.8, 4) is 0 Å². The highest BCUT2D eigenvalue weighted by molar-refractivity contribution is 6.39. The highest BCUT2D eigenvalue weighted by Gasteiger charge is 2.14. The van der Waals surface area contributed by atoms with Gasteiger partial charge in [-0.05, 0) is 19.1 Å². The number of aromatic nitrogens is 2. The molecule has 19 heavy (non-hydrogen) atoms. The van der Waals surface area contributed by atoms with Gasteiger partial charge in [-0.25, -0.2) is 4.98 Å². The zero-order valence-corrected chi connectivity index (χ0v) is 11.9. The van der Waals surface area contributed by atoms with E-state index in [9.17, 15) is 4.79 Å². The molecule has 2 rings (SSSR count). The number of nitrogens with two attached hydrogens (primary N) is 1. The first-order valence-electron chi connectivity index (χ1n) is 5.80. The van der Waals surface area contributed by atoms with Crippen molar-refractivity contribution in [3.63, 3.8) is 0 Å². The van der Waals surface area contributed by atoms with E-state index in [0.717, 1.165) is 12.4 Å². The second-order valence-electron chi connectivity index (χ2n) is 4.08.